The van der Waals surface area contributed by atoms with Crippen LogP contribution >= 0.6 is 11.3 Å². The van der Waals surface area contributed by atoms with Crippen LogP contribution in [0, 0.1) is 6.92 Å². The van der Waals surface area contributed by atoms with Crippen molar-refractivity contribution >= 4 is 23.0 Å². The molecule has 3 N–H and O–H groups in total. The van der Waals surface area contributed by atoms with Gasteiger partial charge in [0.05, 0.1) is 6.54 Å². The molecule has 96 valence electrons. The topological polar surface area (TPSA) is 63.8 Å². The summed E-state index contributed by atoms with van der Waals surface area (Å²) in [6.07, 6.45) is 0. The third kappa shape index (κ3) is 3.20. The zero-order valence-corrected chi connectivity index (χ0v) is 11.7. The van der Waals surface area contributed by atoms with Gasteiger partial charge in [-0.15, -0.1) is 11.3 Å². The van der Waals surface area contributed by atoms with Gasteiger partial charge in [-0.3, -0.25) is 0 Å². The van der Waals surface area contributed by atoms with Gasteiger partial charge in [0.25, 0.3) is 0 Å². The molecule has 0 aliphatic rings. The van der Waals surface area contributed by atoms with E-state index >= 15 is 0 Å². The van der Waals surface area contributed by atoms with Gasteiger partial charge < -0.3 is 11.1 Å². The highest BCUT2D eigenvalue weighted by Crippen LogP contribution is 2.18. The van der Waals surface area contributed by atoms with E-state index in [1.54, 1.807) is 17.4 Å². The van der Waals surface area contributed by atoms with E-state index in [0.29, 0.717) is 5.82 Å². The molecular formula is C13H18N4S. The fourth-order valence-electron chi connectivity index (χ4n) is 1.59. The summed E-state index contributed by atoms with van der Waals surface area (Å²) in [5, 5.41) is 3.29. The summed E-state index contributed by atoms with van der Waals surface area (Å²) in [5.74, 6) is 2.36. The van der Waals surface area contributed by atoms with Crippen LogP contribution < -0.4 is 11.1 Å². The second kappa shape index (κ2) is 5.35. The van der Waals surface area contributed by atoms with Gasteiger partial charge in [0, 0.05) is 21.7 Å². The second-order valence-corrected chi connectivity index (χ2v) is 5.93. The Kier molecular flexibility index (Phi) is 3.81. The molecule has 4 nitrogen and oxygen atoms in total. The van der Waals surface area contributed by atoms with Crippen molar-refractivity contribution in [3.63, 3.8) is 0 Å². The molecule has 0 spiro atoms. The van der Waals surface area contributed by atoms with E-state index in [1.165, 1.54) is 9.75 Å². The van der Waals surface area contributed by atoms with Crippen molar-refractivity contribution in [3.8, 4) is 0 Å². The predicted octanol–water partition coefficient (Wildman–Crippen LogP) is 3.16. The lowest BCUT2D eigenvalue weighted by Gasteiger charge is -2.09. The number of anilines is 2. The van der Waals surface area contributed by atoms with E-state index in [4.69, 9.17) is 5.73 Å². The molecule has 18 heavy (non-hydrogen) atoms. The van der Waals surface area contributed by atoms with Crippen molar-refractivity contribution in [2.45, 2.75) is 33.2 Å². The van der Waals surface area contributed by atoms with Crippen LogP contribution in [0.4, 0.5) is 11.6 Å². The predicted molar refractivity (Wildman–Crippen MR) is 76.9 cm³/mol. The van der Waals surface area contributed by atoms with Crippen LogP contribution in [0.2, 0.25) is 0 Å². The van der Waals surface area contributed by atoms with Gasteiger partial charge in [-0.05, 0) is 19.1 Å². The Morgan fingerprint density at radius 2 is 2.11 bits per heavy atom. The first-order valence-electron chi connectivity index (χ1n) is 5.98. The number of nitrogen functional groups attached to an aromatic ring is 1. The van der Waals surface area contributed by atoms with E-state index in [9.17, 15) is 0 Å². The molecule has 2 heterocycles. The molecule has 0 unspecified atom stereocenters. The Morgan fingerprint density at radius 1 is 1.33 bits per heavy atom. The highest BCUT2D eigenvalue weighted by Gasteiger charge is 2.06. The number of rotatable bonds is 4. The molecular weight excluding hydrogens is 244 g/mol. The van der Waals surface area contributed by atoms with Crippen LogP contribution in [0.3, 0.4) is 0 Å². The molecule has 0 radical (unpaired) electrons. The largest absolute Gasteiger partial charge is 0.384 e. The molecule has 2 aromatic rings. The monoisotopic (exact) mass is 262 g/mol. The Labute approximate surface area is 111 Å². The summed E-state index contributed by atoms with van der Waals surface area (Å²) >= 11 is 1.78. The highest BCUT2D eigenvalue weighted by atomic mass is 32.1. The Morgan fingerprint density at radius 3 is 2.72 bits per heavy atom. The molecule has 5 heteroatoms. The maximum absolute atomic E-state index is 5.78. The summed E-state index contributed by atoms with van der Waals surface area (Å²) in [7, 11) is 0. The number of thiophene rings is 1. The number of hydrogen-bond donors (Lipinski definition) is 2. The Balaban J connectivity index is 2.09. The van der Waals surface area contributed by atoms with Gasteiger partial charge in [0.1, 0.15) is 17.5 Å². The van der Waals surface area contributed by atoms with Crippen LogP contribution in [0.1, 0.15) is 35.3 Å². The van der Waals surface area contributed by atoms with Gasteiger partial charge in [-0.1, -0.05) is 13.8 Å². The molecule has 0 aliphatic carbocycles. The average molecular weight is 262 g/mol. The van der Waals surface area contributed by atoms with Gasteiger partial charge >= 0.3 is 0 Å². The first-order chi connectivity index (χ1) is 8.54. The molecule has 0 aromatic carbocycles. The van der Waals surface area contributed by atoms with Crippen LogP contribution in [-0.2, 0) is 6.54 Å². The van der Waals surface area contributed by atoms with E-state index in [-0.39, 0.29) is 5.92 Å². The summed E-state index contributed by atoms with van der Waals surface area (Å²) < 4.78 is 0. The Hall–Kier alpha value is -1.62. The van der Waals surface area contributed by atoms with Gasteiger partial charge in [-0.2, -0.15) is 0 Å². The maximum Gasteiger partial charge on any atom is 0.135 e. The standard InChI is InChI=1S/C13H18N4S/c1-8(2)13-16-11(14)6-12(17-13)15-7-10-5-4-9(3)18-10/h4-6,8H,7H2,1-3H3,(H3,14,15,16,17). The zero-order valence-electron chi connectivity index (χ0n) is 10.9. The third-order valence-electron chi connectivity index (χ3n) is 2.52. The maximum atomic E-state index is 5.78. The first-order valence-corrected chi connectivity index (χ1v) is 6.80. The second-order valence-electron chi connectivity index (χ2n) is 4.56. The van der Waals surface area contributed by atoms with Gasteiger partial charge in [-0.25, -0.2) is 9.97 Å². The van der Waals surface area contributed by atoms with Crippen molar-refractivity contribution in [2.24, 2.45) is 0 Å². The van der Waals surface area contributed by atoms with Crippen LogP contribution in [0.15, 0.2) is 18.2 Å². The molecule has 0 saturated heterocycles. The number of nitrogens with zero attached hydrogens (tertiary/aromatic N) is 2. The smallest absolute Gasteiger partial charge is 0.135 e. The molecule has 0 bridgehead atoms. The van der Waals surface area contributed by atoms with Crippen molar-refractivity contribution in [3.05, 3.63) is 33.8 Å². The highest BCUT2D eigenvalue weighted by molar-refractivity contribution is 7.11. The molecule has 2 rings (SSSR count). The fraction of sp³-hybridized carbons (Fsp3) is 0.385. The zero-order chi connectivity index (χ0) is 13.1. The van der Waals surface area contributed by atoms with Gasteiger partial charge in [0.15, 0.2) is 0 Å². The lowest BCUT2D eigenvalue weighted by molar-refractivity contribution is 0.777. The number of aromatic nitrogens is 2. The molecule has 0 fully saturated rings. The average Bonchev–Trinajstić information content (AvgIpc) is 2.72. The van der Waals surface area contributed by atoms with Crippen LogP contribution in [-0.4, -0.2) is 9.97 Å². The molecule has 0 atom stereocenters. The van der Waals surface area contributed by atoms with E-state index in [2.05, 4.69) is 48.2 Å². The number of nitrogens with two attached hydrogens (primary N) is 1. The minimum absolute atomic E-state index is 0.276. The molecule has 0 amide bonds. The van der Waals surface area contributed by atoms with Crippen LogP contribution in [0.5, 0.6) is 0 Å². The number of aryl methyl sites for hydroxylation is 1. The van der Waals surface area contributed by atoms with E-state index in [0.717, 1.165) is 18.2 Å². The van der Waals surface area contributed by atoms with E-state index in [1.807, 2.05) is 0 Å². The van der Waals surface area contributed by atoms with Gasteiger partial charge in [0.2, 0.25) is 0 Å². The normalized spacial score (nSPS) is 10.9. The van der Waals surface area contributed by atoms with Crippen molar-refractivity contribution in [1.29, 1.82) is 0 Å². The minimum Gasteiger partial charge on any atom is -0.384 e. The number of nitrogens with one attached hydrogen (secondary N) is 1. The summed E-state index contributed by atoms with van der Waals surface area (Å²) in [5.41, 5.74) is 5.78. The van der Waals surface area contributed by atoms with Crippen molar-refractivity contribution < 1.29 is 0 Å². The SMILES string of the molecule is Cc1ccc(CNc2cc(N)nc(C(C)C)n2)s1. The number of hydrogen-bond acceptors (Lipinski definition) is 5. The first kappa shape index (κ1) is 12.8. The molecule has 0 saturated carbocycles. The third-order valence-corrected chi connectivity index (χ3v) is 3.52. The molecule has 0 aliphatic heterocycles. The lowest BCUT2D eigenvalue weighted by Crippen LogP contribution is -2.07. The molecule has 2 aromatic heterocycles. The van der Waals surface area contributed by atoms with Crippen LogP contribution in [0.25, 0.3) is 0 Å². The lowest BCUT2D eigenvalue weighted by atomic mass is 10.2. The van der Waals surface area contributed by atoms with Crippen molar-refractivity contribution in [2.75, 3.05) is 11.1 Å². The summed E-state index contributed by atoms with van der Waals surface area (Å²) in [6, 6.07) is 6.02. The van der Waals surface area contributed by atoms with Crippen molar-refractivity contribution in [1.82, 2.24) is 9.97 Å². The van der Waals surface area contributed by atoms with E-state index < -0.39 is 0 Å². The fourth-order valence-corrected chi connectivity index (χ4v) is 2.42. The Bertz CT molecular complexity index is 534. The minimum atomic E-state index is 0.276. The summed E-state index contributed by atoms with van der Waals surface area (Å²) in [4.78, 5) is 11.3. The quantitative estimate of drug-likeness (QED) is 0.888. The summed E-state index contributed by atoms with van der Waals surface area (Å²) in [6.45, 7) is 6.99.